The van der Waals surface area contributed by atoms with E-state index >= 15 is 0 Å². The fourth-order valence-electron chi connectivity index (χ4n) is 2.90. The Morgan fingerprint density at radius 2 is 2.07 bits per heavy atom. The molecular weight excluding hydrogens is 360 g/mol. The highest BCUT2D eigenvalue weighted by atomic mass is 32.1. The molecule has 0 aliphatic heterocycles. The maximum absolute atomic E-state index is 11.1. The Morgan fingerprint density at radius 1 is 1.26 bits per heavy atom. The summed E-state index contributed by atoms with van der Waals surface area (Å²) in [6.45, 7) is 1.90. The topological polar surface area (TPSA) is 113 Å². The molecule has 4 aromatic rings. The number of rotatable bonds is 5. The number of nitrogen functional groups attached to an aromatic ring is 1. The lowest BCUT2D eigenvalue weighted by Gasteiger charge is -2.09. The van der Waals surface area contributed by atoms with Crippen LogP contribution in [-0.2, 0) is 4.79 Å². The number of anilines is 1. The van der Waals surface area contributed by atoms with Gasteiger partial charge in [-0.1, -0.05) is 12.1 Å². The molecule has 3 heterocycles. The van der Waals surface area contributed by atoms with E-state index in [1.165, 1.54) is 0 Å². The van der Waals surface area contributed by atoms with Crippen LogP contribution in [0.25, 0.3) is 31.9 Å². The minimum absolute atomic E-state index is 0.110. The average Bonchev–Trinajstić information content (AvgIpc) is 3.28. The Kier molecular flexibility index (Phi) is 4.33. The van der Waals surface area contributed by atoms with E-state index in [-0.39, 0.29) is 18.4 Å². The highest BCUT2D eigenvalue weighted by Crippen LogP contribution is 2.34. The predicted molar refractivity (Wildman–Crippen MR) is 107 cm³/mol. The lowest BCUT2D eigenvalue weighted by atomic mass is 10.1. The molecule has 3 aromatic heterocycles. The molecule has 1 unspecified atom stereocenters. The van der Waals surface area contributed by atoms with E-state index in [0.717, 1.165) is 31.9 Å². The molecule has 0 aliphatic carbocycles. The predicted octanol–water partition coefficient (Wildman–Crippen LogP) is 3.24. The number of thiazole rings is 1. The van der Waals surface area contributed by atoms with Crippen molar-refractivity contribution in [3.8, 4) is 21.7 Å². The van der Waals surface area contributed by atoms with E-state index in [2.05, 4.69) is 15.1 Å². The van der Waals surface area contributed by atoms with Crippen molar-refractivity contribution in [3.63, 3.8) is 0 Å². The molecule has 0 bridgehead atoms. The number of para-hydroxylation sites is 1. The summed E-state index contributed by atoms with van der Waals surface area (Å²) >= 11 is 1.58. The summed E-state index contributed by atoms with van der Waals surface area (Å²) in [5.41, 5.74) is 14.9. The minimum atomic E-state index is -0.355. The van der Waals surface area contributed by atoms with Crippen molar-refractivity contribution in [2.45, 2.75) is 19.4 Å². The van der Waals surface area contributed by atoms with Gasteiger partial charge in [-0.25, -0.2) is 9.97 Å². The van der Waals surface area contributed by atoms with Crippen molar-refractivity contribution in [1.82, 2.24) is 19.7 Å². The van der Waals surface area contributed by atoms with E-state index in [9.17, 15) is 4.79 Å². The van der Waals surface area contributed by atoms with Gasteiger partial charge in [0, 0.05) is 29.9 Å². The molecule has 0 saturated heterocycles. The maximum Gasteiger partial charge on any atom is 0.219 e. The van der Waals surface area contributed by atoms with Gasteiger partial charge in [0.15, 0.2) is 0 Å². The number of hydrogen-bond donors (Lipinski definition) is 2. The molecule has 1 amide bonds. The van der Waals surface area contributed by atoms with Crippen LogP contribution >= 0.6 is 11.3 Å². The van der Waals surface area contributed by atoms with Crippen molar-refractivity contribution in [2.24, 2.45) is 5.73 Å². The first-order valence-electron chi connectivity index (χ1n) is 8.45. The van der Waals surface area contributed by atoms with Crippen LogP contribution in [0, 0.1) is 0 Å². The van der Waals surface area contributed by atoms with Gasteiger partial charge in [-0.2, -0.15) is 5.10 Å². The Hall–Kier alpha value is -3.26. The second-order valence-electron chi connectivity index (χ2n) is 6.37. The van der Waals surface area contributed by atoms with E-state index in [4.69, 9.17) is 11.5 Å². The molecule has 136 valence electrons. The Bertz CT molecular complexity index is 1100. The Morgan fingerprint density at radius 3 is 2.85 bits per heavy atom. The van der Waals surface area contributed by atoms with Crippen molar-refractivity contribution in [2.75, 3.05) is 5.73 Å². The molecule has 0 spiro atoms. The zero-order valence-corrected chi connectivity index (χ0v) is 15.5. The van der Waals surface area contributed by atoms with Gasteiger partial charge in [0.2, 0.25) is 5.91 Å². The first kappa shape index (κ1) is 17.2. The monoisotopic (exact) mass is 378 g/mol. The van der Waals surface area contributed by atoms with Crippen molar-refractivity contribution >= 4 is 33.3 Å². The lowest BCUT2D eigenvalue weighted by molar-refractivity contribution is -0.118. The number of benzene rings is 1. The van der Waals surface area contributed by atoms with Crippen LogP contribution < -0.4 is 11.5 Å². The summed E-state index contributed by atoms with van der Waals surface area (Å²) < 4.78 is 2.83. The quantitative estimate of drug-likeness (QED) is 0.553. The van der Waals surface area contributed by atoms with Gasteiger partial charge in [0.1, 0.15) is 10.8 Å². The van der Waals surface area contributed by atoms with Crippen LogP contribution in [-0.4, -0.2) is 25.7 Å². The second-order valence-corrected chi connectivity index (χ2v) is 7.40. The van der Waals surface area contributed by atoms with Crippen molar-refractivity contribution in [3.05, 3.63) is 48.9 Å². The van der Waals surface area contributed by atoms with Crippen molar-refractivity contribution < 1.29 is 4.79 Å². The summed E-state index contributed by atoms with van der Waals surface area (Å²) in [5, 5.41) is 5.17. The summed E-state index contributed by atoms with van der Waals surface area (Å²) in [7, 11) is 0. The van der Waals surface area contributed by atoms with Gasteiger partial charge in [-0.05, 0) is 25.1 Å². The molecule has 4 rings (SSSR count). The van der Waals surface area contributed by atoms with E-state index in [1.54, 1.807) is 28.4 Å². The van der Waals surface area contributed by atoms with Crippen LogP contribution in [0.4, 0.5) is 5.82 Å². The third-order valence-corrected chi connectivity index (χ3v) is 5.40. The first-order valence-corrected chi connectivity index (χ1v) is 9.27. The third kappa shape index (κ3) is 3.39. The number of nitrogens with two attached hydrogens (primary N) is 2. The summed E-state index contributed by atoms with van der Waals surface area (Å²) in [5.74, 6) is 0.0825. The normalized spacial score (nSPS) is 12.3. The van der Waals surface area contributed by atoms with Gasteiger partial charge < -0.3 is 11.5 Å². The van der Waals surface area contributed by atoms with Gasteiger partial charge in [0.25, 0.3) is 0 Å². The third-order valence-electron chi connectivity index (χ3n) is 4.33. The largest absolute Gasteiger partial charge is 0.383 e. The summed E-state index contributed by atoms with van der Waals surface area (Å²) in [6, 6.07) is 9.83. The molecule has 1 atom stereocenters. The minimum Gasteiger partial charge on any atom is -0.383 e. The number of amides is 1. The van der Waals surface area contributed by atoms with Crippen LogP contribution in [0.2, 0.25) is 0 Å². The maximum atomic E-state index is 11.1. The molecule has 1 aromatic carbocycles. The van der Waals surface area contributed by atoms with Gasteiger partial charge >= 0.3 is 0 Å². The number of pyridine rings is 1. The number of nitrogens with zero attached hydrogens (tertiary/aromatic N) is 4. The highest BCUT2D eigenvalue weighted by molar-refractivity contribution is 7.21. The Labute approximate surface area is 159 Å². The molecule has 0 fully saturated rings. The Balaban J connectivity index is 1.70. The van der Waals surface area contributed by atoms with Crippen molar-refractivity contribution in [1.29, 1.82) is 0 Å². The number of primary amides is 1. The zero-order valence-electron chi connectivity index (χ0n) is 14.7. The fourth-order valence-corrected chi connectivity index (χ4v) is 3.90. The molecule has 0 radical (unpaired) electrons. The first-order chi connectivity index (χ1) is 13.0. The number of aromatic nitrogens is 4. The SMILES string of the molecule is CC(CC(N)=O)n1cc(-c2cnc(N)c(-c3nc4ccccc4s3)c2)cn1. The van der Waals surface area contributed by atoms with Crippen LogP contribution in [0.1, 0.15) is 19.4 Å². The smallest absolute Gasteiger partial charge is 0.219 e. The van der Waals surface area contributed by atoms with Crippen LogP contribution in [0.3, 0.4) is 0 Å². The second kappa shape index (κ2) is 6.81. The summed E-state index contributed by atoms with van der Waals surface area (Å²) in [4.78, 5) is 20.1. The number of fused-ring (bicyclic) bond motifs is 1. The van der Waals surface area contributed by atoms with E-state index < -0.39 is 0 Å². The number of hydrogen-bond acceptors (Lipinski definition) is 6. The molecule has 0 saturated carbocycles. The van der Waals surface area contributed by atoms with Crippen LogP contribution in [0.5, 0.6) is 0 Å². The molecule has 27 heavy (non-hydrogen) atoms. The average molecular weight is 378 g/mol. The molecule has 0 aliphatic rings. The number of carbonyl (C=O) groups is 1. The lowest BCUT2D eigenvalue weighted by Crippen LogP contribution is -2.17. The zero-order chi connectivity index (χ0) is 19.0. The van der Waals surface area contributed by atoms with E-state index in [1.807, 2.05) is 43.5 Å². The van der Waals surface area contributed by atoms with E-state index in [0.29, 0.717) is 5.82 Å². The highest BCUT2D eigenvalue weighted by Gasteiger charge is 2.14. The molecular formula is C19H18N6OS. The molecule has 8 heteroatoms. The van der Waals surface area contributed by atoms with Gasteiger partial charge in [0.05, 0.1) is 28.0 Å². The molecule has 4 N–H and O–H groups in total. The molecule has 7 nitrogen and oxygen atoms in total. The number of carbonyl (C=O) groups excluding carboxylic acids is 1. The van der Waals surface area contributed by atoms with Gasteiger partial charge in [-0.3, -0.25) is 9.48 Å². The van der Waals surface area contributed by atoms with Crippen LogP contribution in [0.15, 0.2) is 48.9 Å². The standard InChI is InChI=1S/C19H18N6OS/c1-11(6-17(20)26)25-10-13(9-23-25)12-7-14(18(21)22-8-12)19-24-15-4-2-3-5-16(15)27-19/h2-5,7-11H,6H2,1H3,(H2,20,26)(H2,21,22). The fraction of sp³-hybridized carbons (Fsp3) is 0.158. The summed E-state index contributed by atoms with van der Waals surface area (Å²) in [6.07, 6.45) is 5.57. The van der Waals surface area contributed by atoms with Gasteiger partial charge in [-0.15, -0.1) is 11.3 Å².